The third-order valence-electron chi connectivity index (χ3n) is 4.00. The van der Waals surface area contributed by atoms with Crippen LogP contribution in [-0.2, 0) is 0 Å². The number of halogens is 1. The lowest BCUT2D eigenvalue weighted by molar-refractivity contribution is 0.0936. The zero-order valence-corrected chi connectivity index (χ0v) is 11.1. The maximum Gasteiger partial charge on any atom is 0.252 e. The normalized spacial score (nSPS) is 22.1. The van der Waals surface area contributed by atoms with Crippen molar-refractivity contribution in [3.8, 4) is 0 Å². The van der Waals surface area contributed by atoms with Crippen LogP contribution in [0.1, 0.15) is 29.6 Å². The van der Waals surface area contributed by atoms with Gasteiger partial charge in [0.15, 0.2) is 0 Å². The number of carbonyl (C=O) groups excluding carboxylic acids is 1. The summed E-state index contributed by atoms with van der Waals surface area (Å²) in [6.45, 7) is 0. The van der Waals surface area contributed by atoms with E-state index < -0.39 is 0 Å². The Balaban J connectivity index is 1.94. The summed E-state index contributed by atoms with van der Waals surface area (Å²) in [5.74, 6) is -0.488. The summed E-state index contributed by atoms with van der Waals surface area (Å²) in [4.78, 5) is 12.4. The van der Waals surface area contributed by atoms with Gasteiger partial charge in [-0.05, 0) is 36.8 Å². The molecule has 2 aromatic rings. The van der Waals surface area contributed by atoms with Crippen molar-refractivity contribution >= 4 is 16.7 Å². The molecule has 0 spiro atoms. The van der Waals surface area contributed by atoms with Crippen LogP contribution in [0.3, 0.4) is 0 Å². The van der Waals surface area contributed by atoms with Crippen LogP contribution in [0, 0.1) is 5.82 Å². The molecule has 1 aliphatic carbocycles. The van der Waals surface area contributed by atoms with Crippen molar-refractivity contribution in [2.24, 2.45) is 5.73 Å². The predicted octanol–water partition coefficient (Wildman–Crippen LogP) is 2.59. The number of benzene rings is 2. The summed E-state index contributed by atoms with van der Waals surface area (Å²) in [5, 5.41) is 4.07. The Bertz CT molecular complexity index is 656. The van der Waals surface area contributed by atoms with Crippen LogP contribution >= 0.6 is 0 Å². The molecule has 1 saturated carbocycles. The number of nitrogens with one attached hydrogen (secondary N) is 1. The van der Waals surface area contributed by atoms with Gasteiger partial charge in [-0.1, -0.05) is 24.3 Å². The van der Waals surface area contributed by atoms with Gasteiger partial charge in [-0.25, -0.2) is 4.39 Å². The summed E-state index contributed by atoms with van der Waals surface area (Å²) in [5.41, 5.74) is 6.47. The minimum Gasteiger partial charge on any atom is -0.348 e. The summed E-state index contributed by atoms with van der Waals surface area (Å²) >= 11 is 0. The van der Waals surface area contributed by atoms with E-state index in [1.807, 2.05) is 0 Å². The zero-order valence-electron chi connectivity index (χ0n) is 11.1. The minimum absolute atomic E-state index is 0.0191. The standard InChI is InChI=1S/C16H17FN2O/c17-13-9-8-12(10-4-1-2-5-11(10)13)16(20)19-15-7-3-6-14(15)18/h1-2,4-5,8-9,14-15H,3,6-7,18H2,(H,19,20). The average molecular weight is 272 g/mol. The molecule has 0 bridgehead atoms. The summed E-state index contributed by atoms with van der Waals surface area (Å²) < 4.78 is 13.7. The van der Waals surface area contributed by atoms with E-state index in [0.717, 1.165) is 19.3 Å². The van der Waals surface area contributed by atoms with E-state index in [4.69, 9.17) is 5.73 Å². The summed E-state index contributed by atoms with van der Waals surface area (Å²) in [7, 11) is 0. The smallest absolute Gasteiger partial charge is 0.252 e. The highest BCUT2D eigenvalue weighted by Crippen LogP contribution is 2.23. The Morgan fingerprint density at radius 3 is 2.60 bits per heavy atom. The maximum absolute atomic E-state index is 13.7. The van der Waals surface area contributed by atoms with Crippen LogP contribution in [-0.4, -0.2) is 18.0 Å². The predicted molar refractivity (Wildman–Crippen MR) is 77.0 cm³/mol. The molecule has 3 nitrogen and oxygen atoms in total. The van der Waals surface area contributed by atoms with E-state index in [9.17, 15) is 9.18 Å². The highest BCUT2D eigenvalue weighted by atomic mass is 19.1. The lowest BCUT2D eigenvalue weighted by Crippen LogP contribution is -2.44. The first kappa shape index (κ1) is 13.1. The Morgan fingerprint density at radius 1 is 1.15 bits per heavy atom. The van der Waals surface area contributed by atoms with E-state index in [2.05, 4.69) is 5.32 Å². The van der Waals surface area contributed by atoms with E-state index in [1.54, 1.807) is 24.3 Å². The quantitative estimate of drug-likeness (QED) is 0.883. The van der Waals surface area contributed by atoms with Crippen LogP contribution < -0.4 is 11.1 Å². The molecule has 4 heteroatoms. The second kappa shape index (κ2) is 5.21. The number of amides is 1. The molecule has 2 unspecified atom stereocenters. The molecule has 1 aliphatic rings. The van der Waals surface area contributed by atoms with Gasteiger partial charge in [0, 0.05) is 23.0 Å². The van der Waals surface area contributed by atoms with Crippen LogP contribution in [0.4, 0.5) is 4.39 Å². The SMILES string of the molecule is NC1CCCC1NC(=O)c1ccc(F)c2ccccc12. The van der Waals surface area contributed by atoms with E-state index in [0.29, 0.717) is 16.3 Å². The van der Waals surface area contributed by atoms with Crippen molar-refractivity contribution in [1.82, 2.24) is 5.32 Å². The largest absolute Gasteiger partial charge is 0.348 e. The topological polar surface area (TPSA) is 55.1 Å². The number of nitrogens with two attached hydrogens (primary N) is 1. The second-order valence-electron chi connectivity index (χ2n) is 5.32. The maximum atomic E-state index is 13.7. The fourth-order valence-electron chi connectivity index (χ4n) is 2.87. The van der Waals surface area contributed by atoms with Crippen LogP contribution in [0.5, 0.6) is 0 Å². The molecule has 0 saturated heterocycles. The molecule has 1 amide bonds. The Hall–Kier alpha value is -1.94. The molecule has 1 fully saturated rings. The third kappa shape index (κ3) is 2.27. The highest BCUT2D eigenvalue weighted by molar-refractivity contribution is 6.07. The molecule has 2 aromatic carbocycles. The van der Waals surface area contributed by atoms with Crippen LogP contribution in [0.2, 0.25) is 0 Å². The molecule has 0 aliphatic heterocycles. The molecule has 0 aromatic heterocycles. The average Bonchev–Trinajstić information content (AvgIpc) is 2.85. The van der Waals surface area contributed by atoms with E-state index in [-0.39, 0.29) is 23.8 Å². The molecular weight excluding hydrogens is 255 g/mol. The first-order valence-corrected chi connectivity index (χ1v) is 6.90. The second-order valence-corrected chi connectivity index (χ2v) is 5.32. The number of rotatable bonds is 2. The van der Waals surface area contributed by atoms with Gasteiger partial charge in [0.1, 0.15) is 5.82 Å². The number of carbonyl (C=O) groups is 1. The zero-order chi connectivity index (χ0) is 14.1. The van der Waals surface area contributed by atoms with Gasteiger partial charge in [0.25, 0.3) is 5.91 Å². The van der Waals surface area contributed by atoms with Gasteiger partial charge < -0.3 is 11.1 Å². The van der Waals surface area contributed by atoms with E-state index >= 15 is 0 Å². The van der Waals surface area contributed by atoms with Gasteiger partial charge >= 0.3 is 0 Å². The molecule has 3 rings (SSSR count). The summed E-state index contributed by atoms with van der Waals surface area (Å²) in [6, 6.07) is 9.93. The fourth-order valence-corrected chi connectivity index (χ4v) is 2.87. The molecular formula is C16H17FN2O. The third-order valence-corrected chi connectivity index (χ3v) is 4.00. The fraction of sp³-hybridized carbons (Fsp3) is 0.312. The molecule has 20 heavy (non-hydrogen) atoms. The first-order chi connectivity index (χ1) is 9.66. The summed E-state index contributed by atoms with van der Waals surface area (Å²) in [6.07, 6.45) is 2.89. The highest BCUT2D eigenvalue weighted by Gasteiger charge is 2.26. The van der Waals surface area contributed by atoms with Crippen molar-refractivity contribution in [2.75, 3.05) is 0 Å². The van der Waals surface area contributed by atoms with Gasteiger partial charge in [-0.3, -0.25) is 4.79 Å². The lowest BCUT2D eigenvalue weighted by Gasteiger charge is -2.18. The van der Waals surface area contributed by atoms with E-state index in [1.165, 1.54) is 12.1 Å². The van der Waals surface area contributed by atoms with Gasteiger partial charge in [0.05, 0.1) is 0 Å². The van der Waals surface area contributed by atoms with Gasteiger partial charge in [-0.15, -0.1) is 0 Å². The first-order valence-electron chi connectivity index (χ1n) is 6.90. The van der Waals surface area contributed by atoms with Crippen LogP contribution in [0.15, 0.2) is 36.4 Å². The molecule has 2 atom stereocenters. The van der Waals surface area contributed by atoms with Crippen molar-refractivity contribution in [3.63, 3.8) is 0 Å². The molecule has 3 N–H and O–H groups in total. The lowest BCUT2D eigenvalue weighted by atomic mass is 10.0. The number of hydrogen-bond acceptors (Lipinski definition) is 2. The van der Waals surface area contributed by atoms with Gasteiger partial charge in [-0.2, -0.15) is 0 Å². The van der Waals surface area contributed by atoms with Crippen molar-refractivity contribution in [1.29, 1.82) is 0 Å². The Morgan fingerprint density at radius 2 is 1.90 bits per heavy atom. The van der Waals surface area contributed by atoms with Crippen LogP contribution in [0.25, 0.3) is 10.8 Å². The van der Waals surface area contributed by atoms with Gasteiger partial charge in [0.2, 0.25) is 0 Å². The molecule has 0 radical (unpaired) electrons. The van der Waals surface area contributed by atoms with Crippen molar-refractivity contribution in [3.05, 3.63) is 47.8 Å². The molecule has 0 heterocycles. The number of fused-ring (bicyclic) bond motifs is 1. The minimum atomic E-state index is -0.310. The number of hydrogen-bond donors (Lipinski definition) is 2. The Labute approximate surface area is 117 Å². The van der Waals surface area contributed by atoms with Crippen molar-refractivity contribution in [2.45, 2.75) is 31.3 Å². The Kier molecular flexibility index (Phi) is 3.40. The molecule has 104 valence electrons. The monoisotopic (exact) mass is 272 g/mol. The van der Waals surface area contributed by atoms with Crippen molar-refractivity contribution < 1.29 is 9.18 Å².